The highest BCUT2D eigenvalue weighted by atomic mass is 32.2. The smallest absolute Gasteiger partial charge is 0.245 e. The van der Waals surface area contributed by atoms with Crippen LogP contribution < -0.4 is 5.32 Å². The minimum Gasteiger partial charge on any atom is -0.750 e. The van der Waals surface area contributed by atoms with Gasteiger partial charge in [0.2, 0.25) is 5.91 Å². The van der Waals surface area contributed by atoms with Crippen molar-refractivity contribution in [2.24, 2.45) is 0 Å². The number of carbonyl (C=O) groups is 1. The lowest BCUT2D eigenvalue weighted by molar-refractivity contribution is -0.118. The summed E-state index contributed by atoms with van der Waals surface area (Å²) in [6.07, 6.45) is 0.599. The van der Waals surface area contributed by atoms with Crippen LogP contribution in [0.15, 0.2) is 12.7 Å². The van der Waals surface area contributed by atoms with Crippen molar-refractivity contribution in [3.63, 3.8) is 0 Å². The van der Waals surface area contributed by atoms with E-state index in [1.54, 1.807) is 6.92 Å². The van der Waals surface area contributed by atoms with Gasteiger partial charge in [0.05, 0.1) is 11.4 Å². The molecule has 0 radical (unpaired) electrons. The quantitative estimate of drug-likeness (QED) is 0.373. The van der Waals surface area contributed by atoms with Gasteiger partial charge in [-0.3, -0.25) is 8.98 Å². The van der Waals surface area contributed by atoms with Crippen LogP contribution in [-0.2, 0) is 20.3 Å². The maximum Gasteiger partial charge on any atom is 0.245 e. The van der Waals surface area contributed by atoms with Gasteiger partial charge in [0.15, 0.2) is 0 Å². The number of amides is 1. The molecular weight excluding hydrogens is 182 g/mol. The molecule has 1 amide bonds. The molecule has 0 aromatic heterocycles. The molecule has 0 spiro atoms. The Kier molecular flexibility index (Phi) is 5.52. The normalized spacial score (nSPS) is 14.8. The van der Waals surface area contributed by atoms with E-state index in [0.717, 1.165) is 6.08 Å². The molecule has 0 fully saturated rings. The molecule has 6 heteroatoms. The van der Waals surface area contributed by atoms with Gasteiger partial charge < -0.3 is 9.87 Å². The summed E-state index contributed by atoms with van der Waals surface area (Å²) in [5, 5.41) is 2.28. The molecule has 70 valence electrons. The van der Waals surface area contributed by atoms with Crippen molar-refractivity contribution < 1.29 is 17.7 Å². The van der Waals surface area contributed by atoms with Gasteiger partial charge in [0.25, 0.3) is 0 Å². The topological polar surface area (TPSA) is 78.5 Å². The molecule has 12 heavy (non-hydrogen) atoms. The van der Waals surface area contributed by atoms with Crippen molar-refractivity contribution in [2.75, 3.05) is 0 Å². The van der Waals surface area contributed by atoms with Crippen LogP contribution in [-0.4, -0.2) is 20.9 Å². The number of rotatable bonds is 5. The molecule has 0 saturated carbocycles. The van der Waals surface area contributed by atoms with Gasteiger partial charge in [-0.15, -0.1) is 0 Å². The summed E-state index contributed by atoms with van der Waals surface area (Å²) in [5.74, 6) is -0.465. The fourth-order valence-corrected chi connectivity index (χ4v) is 0.880. The lowest BCUT2D eigenvalue weighted by Crippen LogP contribution is -2.35. The van der Waals surface area contributed by atoms with Crippen LogP contribution in [0.1, 0.15) is 13.3 Å². The van der Waals surface area contributed by atoms with E-state index in [1.807, 2.05) is 0 Å². The molecule has 0 bridgehead atoms. The Hall–Kier alpha value is -0.720. The largest absolute Gasteiger partial charge is 0.750 e. The van der Waals surface area contributed by atoms with Crippen LogP contribution in [0, 0.1) is 0 Å². The number of carbonyl (C=O) groups excluding carboxylic acids is 1. The zero-order chi connectivity index (χ0) is 9.56. The van der Waals surface area contributed by atoms with Gasteiger partial charge in [-0.25, -0.2) is 4.21 Å². The molecule has 0 rings (SSSR count). The van der Waals surface area contributed by atoms with Crippen molar-refractivity contribution in [1.82, 2.24) is 5.32 Å². The molecule has 2 atom stereocenters. The summed E-state index contributed by atoms with van der Waals surface area (Å²) in [7, 11) is 0. The van der Waals surface area contributed by atoms with Crippen LogP contribution in [0.4, 0.5) is 0 Å². The van der Waals surface area contributed by atoms with Crippen LogP contribution >= 0.6 is 0 Å². The second-order valence-electron chi connectivity index (χ2n) is 1.91. The summed E-state index contributed by atoms with van der Waals surface area (Å²) in [6, 6.07) is 0. The SMILES string of the molecule is C=CC(=O)NC(CC)OS(=O)[O-]. The molecule has 0 aromatic carbocycles. The summed E-state index contributed by atoms with van der Waals surface area (Å²) >= 11 is -2.61. The standard InChI is InChI=1S/C6H11NO4S/c1-3-5(8)7-6(4-2)11-12(9)10/h3,6H,1,4H2,2H3,(H,7,8)(H,9,10)/p-1. The Labute approximate surface area is 73.3 Å². The Bertz CT molecular complexity index is 194. The molecule has 0 aliphatic carbocycles. The highest BCUT2D eigenvalue weighted by Gasteiger charge is 2.07. The summed E-state index contributed by atoms with van der Waals surface area (Å²) in [4.78, 5) is 10.7. The molecule has 5 nitrogen and oxygen atoms in total. The molecule has 0 aliphatic heterocycles. The first-order valence-corrected chi connectivity index (χ1v) is 4.29. The molecular formula is C6H10NO4S-. The minimum absolute atomic E-state index is 0.369. The Balaban J connectivity index is 3.90. The van der Waals surface area contributed by atoms with Crippen LogP contribution in [0.5, 0.6) is 0 Å². The second kappa shape index (κ2) is 5.87. The number of hydrogen-bond acceptors (Lipinski definition) is 4. The zero-order valence-corrected chi connectivity index (χ0v) is 7.43. The third-order valence-corrected chi connectivity index (χ3v) is 1.44. The van der Waals surface area contributed by atoms with Gasteiger partial charge in [0, 0.05) is 0 Å². The zero-order valence-electron chi connectivity index (χ0n) is 6.61. The van der Waals surface area contributed by atoms with E-state index < -0.39 is 23.5 Å². The Morgan fingerprint density at radius 2 is 2.50 bits per heavy atom. The highest BCUT2D eigenvalue weighted by molar-refractivity contribution is 7.74. The summed E-state index contributed by atoms with van der Waals surface area (Å²) < 4.78 is 24.4. The van der Waals surface area contributed by atoms with E-state index in [0.29, 0.717) is 6.42 Å². The molecule has 0 aliphatic rings. The van der Waals surface area contributed by atoms with Crippen molar-refractivity contribution >= 4 is 17.3 Å². The highest BCUT2D eigenvalue weighted by Crippen LogP contribution is 1.95. The van der Waals surface area contributed by atoms with E-state index in [2.05, 4.69) is 16.1 Å². The maximum absolute atomic E-state index is 10.7. The molecule has 0 heterocycles. The number of nitrogens with one attached hydrogen (secondary N) is 1. The first kappa shape index (κ1) is 11.3. The third-order valence-electron chi connectivity index (χ3n) is 1.05. The average molecular weight is 192 g/mol. The molecule has 1 N–H and O–H groups in total. The Morgan fingerprint density at radius 3 is 2.83 bits per heavy atom. The third kappa shape index (κ3) is 5.00. The average Bonchev–Trinajstić information content (AvgIpc) is 2.02. The van der Waals surface area contributed by atoms with Crippen LogP contribution in [0.25, 0.3) is 0 Å². The first-order chi connectivity index (χ1) is 5.60. The number of hydrogen-bond donors (Lipinski definition) is 1. The van der Waals surface area contributed by atoms with Gasteiger partial charge in [-0.1, -0.05) is 13.5 Å². The minimum atomic E-state index is -2.61. The van der Waals surface area contributed by atoms with E-state index in [-0.39, 0.29) is 0 Å². The second-order valence-corrected chi connectivity index (χ2v) is 2.51. The molecule has 0 aromatic rings. The maximum atomic E-state index is 10.7. The van der Waals surface area contributed by atoms with E-state index >= 15 is 0 Å². The predicted octanol–water partition coefficient (Wildman–Crippen LogP) is -0.165. The Morgan fingerprint density at radius 1 is 1.92 bits per heavy atom. The van der Waals surface area contributed by atoms with Gasteiger partial charge in [-0.05, 0) is 12.5 Å². The van der Waals surface area contributed by atoms with E-state index in [4.69, 9.17) is 0 Å². The fraction of sp³-hybridized carbons (Fsp3) is 0.500. The van der Waals surface area contributed by atoms with Crippen LogP contribution in [0.3, 0.4) is 0 Å². The van der Waals surface area contributed by atoms with Crippen molar-refractivity contribution in [2.45, 2.75) is 19.6 Å². The summed E-state index contributed by atoms with van der Waals surface area (Å²) in [6.45, 7) is 4.89. The molecule has 0 saturated heterocycles. The van der Waals surface area contributed by atoms with Gasteiger partial charge in [0.1, 0.15) is 6.23 Å². The van der Waals surface area contributed by atoms with Gasteiger partial charge >= 0.3 is 0 Å². The predicted molar refractivity (Wildman–Crippen MR) is 42.4 cm³/mol. The van der Waals surface area contributed by atoms with Crippen LogP contribution in [0.2, 0.25) is 0 Å². The van der Waals surface area contributed by atoms with Crippen molar-refractivity contribution in [3.05, 3.63) is 12.7 Å². The monoisotopic (exact) mass is 192 g/mol. The first-order valence-electron chi connectivity index (χ1n) is 3.29. The lowest BCUT2D eigenvalue weighted by Gasteiger charge is -2.16. The van der Waals surface area contributed by atoms with Gasteiger partial charge in [-0.2, -0.15) is 0 Å². The van der Waals surface area contributed by atoms with Crippen molar-refractivity contribution in [1.29, 1.82) is 0 Å². The summed E-state index contributed by atoms with van der Waals surface area (Å²) in [5.41, 5.74) is 0. The van der Waals surface area contributed by atoms with E-state index in [1.165, 1.54) is 0 Å². The van der Waals surface area contributed by atoms with E-state index in [9.17, 15) is 13.6 Å². The molecule has 2 unspecified atom stereocenters. The fourth-order valence-electron chi connectivity index (χ4n) is 0.507. The van der Waals surface area contributed by atoms with Crippen molar-refractivity contribution in [3.8, 4) is 0 Å². The lowest BCUT2D eigenvalue weighted by atomic mass is 10.4.